The predicted molar refractivity (Wildman–Crippen MR) is 125 cm³/mol. The van der Waals surface area contributed by atoms with Gasteiger partial charge in [-0.2, -0.15) is 0 Å². The van der Waals surface area contributed by atoms with Gasteiger partial charge in [0.15, 0.2) is 4.34 Å². The van der Waals surface area contributed by atoms with Crippen LogP contribution in [-0.2, 0) is 31.6 Å². The quantitative estimate of drug-likeness (QED) is 0.368. The molecule has 0 saturated carbocycles. The van der Waals surface area contributed by atoms with Gasteiger partial charge in [-0.15, -0.1) is 33.3 Å². The first kappa shape index (κ1) is 23.4. The maximum atomic E-state index is 12.7. The number of rotatable bonds is 9. The molecule has 0 spiro atoms. The van der Waals surface area contributed by atoms with Crippen LogP contribution < -0.4 is 5.32 Å². The number of aliphatic carboxylic acids is 1. The number of amides is 2. The second-order valence-electron chi connectivity index (χ2n) is 6.74. The maximum absolute atomic E-state index is 12.7. The Morgan fingerprint density at radius 1 is 1.41 bits per heavy atom. The molecule has 2 aromatic heterocycles. The van der Waals surface area contributed by atoms with Gasteiger partial charge in [-0.3, -0.25) is 18.7 Å². The Morgan fingerprint density at radius 3 is 2.88 bits per heavy atom. The summed E-state index contributed by atoms with van der Waals surface area (Å²) in [5.74, 6) is -1.57. The van der Waals surface area contributed by atoms with Gasteiger partial charge in [0.2, 0.25) is 5.91 Å². The molecule has 0 radical (unpaired) electrons. The highest BCUT2D eigenvalue weighted by Crippen LogP contribution is 2.41. The van der Waals surface area contributed by atoms with Crippen LogP contribution in [0.15, 0.2) is 37.3 Å². The number of nitrogens with zero attached hydrogens (tertiary/aromatic N) is 3. The molecule has 1 fully saturated rings. The lowest BCUT2D eigenvalue weighted by Crippen LogP contribution is -2.70. The van der Waals surface area contributed by atoms with Crippen molar-refractivity contribution in [3.63, 3.8) is 0 Å². The number of thioether (sulfide) groups is 2. The van der Waals surface area contributed by atoms with Gasteiger partial charge in [0.25, 0.3) is 5.91 Å². The van der Waals surface area contributed by atoms with Crippen LogP contribution >= 0.6 is 46.2 Å². The first-order valence-corrected chi connectivity index (χ1v) is 14.5. The van der Waals surface area contributed by atoms with Gasteiger partial charge in [-0.05, 0) is 23.4 Å². The highest BCUT2D eigenvalue weighted by molar-refractivity contribution is 8.01. The zero-order chi connectivity index (χ0) is 22.8. The Morgan fingerprint density at radius 2 is 2.22 bits per heavy atom. The van der Waals surface area contributed by atoms with E-state index in [1.54, 1.807) is 17.5 Å². The van der Waals surface area contributed by atoms with Crippen molar-refractivity contribution < 1.29 is 23.7 Å². The molecule has 2 amide bonds. The van der Waals surface area contributed by atoms with Crippen LogP contribution in [0.5, 0.6) is 0 Å². The fourth-order valence-electron chi connectivity index (χ4n) is 3.18. The number of carbonyl (C=O) groups is 3. The van der Waals surface area contributed by atoms with Crippen LogP contribution in [0.1, 0.15) is 11.9 Å². The van der Waals surface area contributed by atoms with Crippen LogP contribution in [0.2, 0.25) is 0 Å². The summed E-state index contributed by atoms with van der Waals surface area (Å²) >= 11 is 5.58. The molecule has 170 valence electrons. The van der Waals surface area contributed by atoms with Crippen molar-refractivity contribution in [1.82, 2.24) is 20.4 Å². The summed E-state index contributed by atoms with van der Waals surface area (Å²) in [4.78, 5) is 38.2. The van der Waals surface area contributed by atoms with Gasteiger partial charge in [0.1, 0.15) is 27.9 Å². The minimum absolute atomic E-state index is 0.0286. The van der Waals surface area contributed by atoms with Gasteiger partial charge in [-0.25, -0.2) is 4.79 Å². The molecule has 0 bridgehead atoms. The van der Waals surface area contributed by atoms with Gasteiger partial charge in [0.05, 0.1) is 15.0 Å². The third-order valence-corrected chi connectivity index (χ3v) is 10.9. The van der Waals surface area contributed by atoms with Crippen molar-refractivity contribution in [2.45, 2.75) is 33.3 Å². The van der Waals surface area contributed by atoms with E-state index in [0.29, 0.717) is 21.3 Å². The number of nitrogens with one attached hydrogen (secondary N) is 1. The lowest BCUT2D eigenvalue weighted by Gasteiger charge is -2.49. The second kappa shape index (κ2) is 10.0. The molecule has 14 heteroatoms. The molecule has 0 aromatic carbocycles. The molecule has 32 heavy (non-hydrogen) atoms. The highest BCUT2D eigenvalue weighted by atomic mass is 32.2. The fourth-order valence-corrected chi connectivity index (χ4v) is 8.42. The number of hydrogen-bond acceptors (Lipinski definition) is 10. The number of fused-ring (bicyclic) bond motifs is 1. The van der Waals surface area contributed by atoms with Gasteiger partial charge in [-0.1, -0.05) is 36.1 Å². The van der Waals surface area contributed by atoms with Crippen LogP contribution in [0.3, 0.4) is 0 Å². The van der Waals surface area contributed by atoms with Gasteiger partial charge >= 0.3 is 5.97 Å². The van der Waals surface area contributed by atoms with Crippen LogP contribution in [0.25, 0.3) is 0 Å². The molecule has 4 rings (SSSR count). The number of carboxylic acid groups (broad SMARTS) is 1. The third-order valence-electron chi connectivity index (χ3n) is 4.67. The average Bonchev–Trinajstić information content (AvgIpc) is 3.47. The third kappa shape index (κ3) is 4.78. The standard InChI is InChI=1S/C18H18N4O5S5/c1-2-11-20-21-18(31-11)30-7-9-6-29-16-13(15(24)22(16)14(9)17(25)26)19-10(23)8-32(27)12-4-3-5-28-12/h3-5,13,16H,2,6-8H2,1H3,(H,19,23)(H,25,26)/t13?,16-,32?/m0/s1. The van der Waals surface area contributed by atoms with Gasteiger partial charge < -0.3 is 10.4 Å². The first-order chi connectivity index (χ1) is 15.4. The van der Waals surface area contributed by atoms with Crippen LogP contribution in [0.4, 0.5) is 0 Å². The number of aryl methyl sites for hydroxylation is 1. The van der Waals surface area contributed by atoms with Crippen molar-refractivity contribution >= 4 is 74.8 Å². The molecule has 0 aliphatic carbocycles. The molecule has 1 saturated heterocycles. The molecule has 9 nitrogen and oxygen atoms in total. The number of thiophene rings is 1. The molecule has 4 heterocycles. The van der Waals surface area contributed by atoms with Crippen molar-refractivity contribution in [2.75, 3.05) is 17.3 Å². The van der Waals surface area contributed by atoms with E-state index in [9.17, 15) is 23.7 Å². The number of aromatic nitrogens is 2. The number of hydrogen-bond donors (Lipinski definition) is 2. The van der Waals surface area contributed by atoms with E-state index >= 15 is 0 Å². The Balaban J connectivity index is 1.40. The first-order valence-electron chi connectivity index (χ1n) is 9.45. The van der Waals surface area contributed by atoms with Crippen LogP contribution in [-0.4, -0.2) is 70.9 Å². The smallest absolute Gasteiger partial charge is 0.352 e. The fraction of sp³-hybridized carbons (Fsp3) is 0.389. The summed E-state index contributed by atoms with van der Waals surface area (Å²) in [7, 11) is -1.48. The van der Waals surface area contributed by atoms with E-state index in [-0.39, 0.29) is 11.4 Å². The zero-order valence-corrected chi connectivity index (χ0v) is 20.8. The Labute approximate surface area is 202 Å². The predicted octanol–water partition coefficient (Wildman–Crippen LogP) is 1.80. The van der Waals surface area contributed by atoms with Crippen molar-refractivity contribution in [3.05, 3.63) is 33.8 Å². The summed E-state index contributed by atoms with van der Waals surface area (Å²) in [6, 6.07) is 2.62. The molecule has 2 unspecified atom stereocenters. The minimum Gasteiger partial charge on any atom is -0.477 e. The highest BCUT2D eigenvalue weighted by Gasteiger charge is 2.54. The normalized spacial score (nSPS) is 21.2. The SMILES string of the molecule is CCc1nnc(SCC2=C(C(=O)O)N3C(=O)C(NC(=O)CS(=O)c4cccs4)[C@@H]3SC2)s1. The minimum atomic E-state index is -1.48. The second-order valence-corrected chi connectivity index (χ2v) is 12.8. The largest absolute Gasteiger partial charge is 0.477 e. The van der Waals surface area contributed by atoms with Crippen molar-refractivity contribution in [3.8, 4) is 0 Å². The Bertz CT molecular complexity index is 1100. The molecule has 2 aliphatic rings. The molecule has 2 aliphatic heterocycles. The average molecular weight is 531 g/mol. The van der Waals surface area contributed by atoms with Crippen LogP contribution in [0, 0.1) is 0 Å². The summed E-state index contributed by atoms with van der Waals surface area (Å²) in [5, 5.41) is 22.7. The maximum Gasteiger partial charge on any atom is 0.352 e. The molecular formula is C18H18N4O5S5. The number of β-lactam (4-membered cyclic amide) rings is 1. The summed E-state index contributed by atoms with van der Waals surface area (Å²) < 4.78 is 13.6. The van der Waals surface area contributed by atoms with E-state index in [0.717, 1.165) is 15.8 Å². The summed E-state index contributed by atoms with van der Waals surface area (Å²) in [6.45, 7) is 1.99. The summed E-state index contributed by atoms with van der Waals surface area (Å²) in [6.07, 6.45) is 0.787. The monoisotopic (exact) mass is 530 g/mol. The van der Waals surface area contributed by atoms with Gasteiger partial charge in [0, 0.05) is 11.5 Å². The Kier molecular flexibility index (Phi) is 7.34. The lowest BCUT2D eigenvalue weighted by molar-refractivity contribution is -0.150. The van der Waals surface area contributed by atoms with Crippen molar-refractivity contribution in [2.24, 2.45) is 0 Å². The molecular weight excluding hydrogens is 513 g/mol. The topological polar surface area (TPSA) is 130 Å². The molecule has 3 atom stereocenters. The Hall–Kier alpha value is -1.74. The van der Waals surface area contributed by atoms with E-state index in [1.165, 1.54) is 51.1 Å². The number of carbonyl (C=O) groups excluding carboxylic acids is 2. The van der Waals surface area contributed by atoms with E-state index in [1.807, 2.05) is 6.92 Å². The lowest BCUT2D eigenvalue weighted by atomic mass is 10.0. The number of carboxylic acids is 1. The molecule has 2 aromatic rings. The molecule has 2 N–H and O–H groups in total. The zero-order valence-electron chi connectivity index (χ0n) is 16.7. The van der Waals surface area contributed by atoms with E-state index in [4.69, 9.17) is 0 Å². The van der Waals surface area contributed by atoms with Crippen molar-refractivity contribution in [1.29, 1.82) is 0 Å². The van der Waals surface area contributed by atoms with E-state index < -0.39 is 40.0 Å². The van der Waals surface area contributed by atoms with E-state index in [2.05, 4.69) is 15.5 Å². The summed E-state index contributed by atoms with van der Waals surface area (Å²) in [5.41, 5.74) is 0.605.